The normalized spacial score (nSPS) is 17.5. The van der Waals surface area contributed by atoms with Crippen molar-refractivity contribution in [2.24, 2.45) is 0 Å². The van der Waals surface area contributed by atoms with Gasteiger partial charge in [-0.3, -0.25) is 0 Å². The maximum atomic E-state index is 12.0. The van der Waals surface area contributed by atoms with Crippen LogP contribution < -0.4 is 9.64 Å². The monoisotopic (exact) mass is 591 g/mol. The van der Waals surface area contributed by atoms with Gasteiger partial charge in [-0.2, -0.15) is 0 Å². The number of fused-ring (bicyclic) bond motifs is 5. The average Bonchev–Trinajstić information content (AvgIpc) is 3.26. The lowest BCUT2D eigenvalue weighted by Gasteiger charge is -2.32. The highest BCUT2D eigenvalue weighted by molar-refractivity contribution is 5.99. The van der Waals surface area contributed by atoms with Crippen molar-refractivity contribution in [1.82, 2.24) is 9.47 Å². The Morgan fingerprint density at radius 3 is 2.45 bits per heavy atom. The number of aromatic carboxylic acids is 1. The number of carboxylic acid groups (broad SMARTS) is 1. The summed E-state index contributed by atoms with van der Waals surface area (Å²) in [6.07, 6.45) is 11.1. The van der Waals surface area contributed by atoms with Crippen LogP contribution in [0.15, 0.2) is 66.7 Å². The highest BCUT2D eigenvalue weighted by atomic mass is 16.5. The molecule has 44 heavy (non-hydrogen) atoms. The number of likely N-dealkylation sites (tertiary alicyclic amines) is 1. The van der Waals surface area contributed by atoms with Crippen molar-refractivity contribution in [2.75, 3.05) is 44.2 Å². The second-order valence-corrected chi connectivity index (χ2v) is 12.9. The van der Waals surface area contributed by atoms with E-state index >= 15 is 0 Å². The van der Waals surface area contributed by atoms with Crippen LogP contribution in [0.3, 0.4) is 0 Å². The van der Waals surface area contributed by atoms with E-state index in [0.29, 0.717) is 24.6 Å². The molecule has 3 aliphatic rings. The lowest BCUT2D eigenvalue weighted by atomic mass is 9.81. The maximum Gasteiger partial charge on any atom is 0.335 e. The average molecular weight is 592 g/mol. The number of hydrogen-bond donors (Lipinski definition) is 1. The molecule has 1 aliphatic carbocycles. The molecule has 7 rings (SSSR count). The first kappa shape index (κ1) is 29.0. The van der Waals surface area contributed by atoms with Crippen LogP contribution in [-0.2, 0) is 13.0 Å². The van der Waals surface area contributed by atoms with Gasteiger partial charge in [-0.25, -0.2) is 4.79 Å². The van der Waals surface area contributed by atoms with Gasteiger partial charge in [-0.15, -0.1) is 0 Å². The smallest absolute Gasteiger partial charge is 0.335 e. The van der Waals surface area contributed by atoms with Crippen molar-refractivity contribution in [1.29, 1.82) is 0 Å². The standard InChI is InChI=1S/C38H45N3O3/c42-38(43)30-17-18-31-34(27-30)41-25-26-44-37-32(36(41)35(31)29-13-6-2-7-14-29)15-10-16-33(37)40(22-19-28-11-4-1-5-12-28)24-23-39-20-8-3-9-21-39/h1,4-5,10-12,15-18,27,29H,2-3,6-9,13-14,19-26H2,(H,42,43). The molecule has 1 saturated carbocycles. The molecule has 6 heteroatoms. The SMILES string of the molecule is O=C(O)c1ccc2c(C3CCCCC3)c3n(c2c1)CCOc1c-3cccc1N(CCc1ccccc1)CCN1CCCCC1. The lowest BCUT2D eigenvalue weighted by molar-refractivity contribution is 0.0697. The van der Waals surface area contributed by atoms with E-state index < -0.39 is 5.97 Å². The van der Waals surface area contributed by atoms with E-state index in [4.69, 9.17) is 4.74 Å². The molecule has 0 radical (unpaired) electrons. The Morgan fingerprint density at radius 2 is 1.66 bits per heavy atom. The summed E-state index contributed by atoms with van der Waals surface area (Å²) in [5.41, 5.74) is 7.68. The van der Waals surface area contributed by atoms with Crippen molar-refractivity contribution < 1.29 is 14.6 Å². The first-order valence-electron chi connectivity index (χ1n) is 16.8. The molecule has 1 saturated heterocycles. The van der Waals surface area contributed by atoms with Gasteiger partial charge >= 0.3 is 5.97 Å². The Bertz CT molecular complexity index is 1600. The zero-order valence-electron chi connectivity index (χ0n) is 25.8. The van der Waals surface area contributed by atoms with Crippen molar-refractivity contribution in [3.05, 3.63) is 83.4 Å². The zero-order chi connectivity index (χ0) is 29.9. The van der Waals surface area contributed by atoms with E-state index in [1.54, 1.807) is 6.07 Å². The van der Waals surface area contributed by atoms with Gasteiger partial charge in [0.2, 0.25) is 0 Å². The van der Waals surface area contributed by atoms with E-state index in [9.17, 15) is 9.90 Å². The number of benzene rings is 3. The van der Waals surface area contributed by atoms with Crippen LogP contribution in [-0.4, -0.2) is 59.9 Å². The van der Waals surface area contributed by atoms with Crippen LogP contribution >= 0.6 is 0 Å². The van der Waals surface area contributed by atoms with Crippen molar-refractivity contribution in [3.8, 4) is 17.0 Å². The number of anilines is 1. The Balaban J connectivity index is 1.32. The Labute approximate surface area is 261 Å². The first-order valence-corrected chi connectivity index (χ1v) is 16.8. The first-order chi connectivity index (χ1) is 21.7. The molecular weight excluding hydrogens is 546 g/mol. The third-order valence-electron chi connectivity index (χ3n) is 10.2. The van der Waals surface area contributed by atoms with E-state index in [1.807, 2.05) is 6.07 Å². The molecule has 6 nitrogen and oxygen atoms in total. The minimum atomic E-state index is -0.878. The highest BCUT2D eigenvalue weighted by Gasteiger charge is 2.31. The number of aromatic nitrogens is 1. The molecule has 0 bridgehead atoms. The lowest BCUT2D eigenvalue weighted by Crippen LogP contribution is -2.39. The third-order valence-corrected chi connectivity index (χ3v) is 10.2. The zero-order valence-corrected chi connectivity index (χ0v) is 25.8. The summed E-state index contributed by atoms with van der Waals surface area (Å²) in [6, 6.07) is 23.2. The molecule has 1 aromatic heterocycles. The molecule has 0 unspecified atom stereocenters. The summed E-state index contributed by atoms with van der Waals surface area (Å²) >= 11 is 0. The van der Waals surface area contributed by atoms with Crippen LogP contribution in [0.2, 0.25) is 0 Å². The number of rotatable bonds is 9. The third kappa shape index (κ3) is 5.84. The van der Waals surface area contributed by atoms with Gasteiger partial charge in [-0.1, -0.05) is 68.1 Å². The van der Waals surface area contributed by atoms with Gasteiger partial charge in [0.25, 0.3) is 0 Å². The van der Waals surface area contributed by atoms with E-state index in [0.717, 1.165) is 42.9 Å². The minimum Gasteiger partial charge on any atom is -0.489 e. The molecular formula is C38H45N3O3. The maximum absolute atomic E-state index is 12.0. The predicted molar refractivity (Wildman–Crippen MR) is 178 cm³/mol. The number of nitrogens with zero attached hydrogens (tertiary/aromatic N) is 3. The number of para-hydroxylation sites is 1. The van der Waals surface area contributed by atoms with E-state index in [-0.39, 0.29) is 0 Å². The molecule has 3 heterocycles. The fraction of sp³-hybridized carbons (Fsp3) is 0.447. The van der Waals surface area contributed by atoms with Crippen molar-refractivity contribution >= 4 is 22.6 Å². The number of ether oxygens (including phenoxy) is 1. The second-order valence-electron chi connectivity index (χ2n) is 12.9. The summed E-state index contributed by atoms with van der Waals surface area (Å²) < 4.78 is 9.09. The molecule has 4 aromatic rings. The molecule has 2 fully saturated rings. The van der Waals surface area contributed by atoms with Gasteiger partial charge in [-0.05, 0) is 86.5 Å². The van der Waals surface area contributed by atoms with Crippen molar-refractivity contribution in [2.45, 2.75) is 70.3 Å². The van der Waals surface area contributed by atoms with Gasteiger partial charge in [0.05, 0.1) is 23.5 Å². The molecule has 2 aliphatic heterocycles. The summed E-state index contributed by atoms with van der Waals surface area (Å²) in [7, 11) is 0. The second kappa shape index (κ2) is 13.1. The molecule has 0 spiro atoms. The minimum absolute atomic E-state index is 0.344. The van der Waals surface area contributed by atoms with Gasteiger partial charge in [0, 0.05) is 36.1 Å². The number of carbonyl (C=O) groups is 1. The van der Waals surface area contributed by atoms with Crippen LogP contribution in [0.1, 0.15) is 78.8 Å². The molecule has 1 N–H and O–H groups in total. The Hall–Kier alpha value is -3.77. The summed E-state index contributed by atoms with van der Waals surface area (Å²) in [6.45, 7) is 6.60. The van der Waals surface area contributed by atoms with Crippen LogP contribution in [0, 0.1) is 0 Å². The van der Waals surface area contributed by atoms with E-state index in [2.05, 4.69) is 69.0 Å². The Morgan fingerprint density at radius 1 is 0.864 bits per heavy atom. The highest BCUT2D eigenvalue weighted by Crippen LogP contribution is 2.49. The van der Waals surface area contributed by atoms with Gasteiger partial charge in [0.15, 0.2) is 5.75 Å². The number of hydrogen-bond acceptors (Lipinski definition) is 4. The Kier molecular flexibility index (Phi) is 8.61. The van der Waals surface area contributed by atoms with Crippen LogP contribution in [0.5, 0.6) is 5.75 Å². The largest absolute Gasteiger partial charge is 0.489 e. The molecule has 3 aromatic carbocycles. The fourth-order valence-corrected chi connectivity index (χ4v) is 7.89. The quantitative estimate of drug-likeness (QED) is 0.214. The molecule has 0 amide bonds. The van der Waals surface area contributed by atoms with Crippen LogP contribution in [0.4, 0.5) is 5.69 Å². The summed E-state index contributed by atoms with van der Waals surface area (Å²) in [5.74, 6) is 0.578. The van der Waals surface area contributed by atoms with E-state index in [1.165, 1.54) is 92.4 Å². The van der Waals surface area contributed by atoms with Gasteiger partial charge in [0.1, 0.15) is 6.61 Å². The summed E-state index contributed by atoms with van der Waals surface area (Å²) in [5, 5.41) is 11.1. The van der Waals surface area contributed by atoms with Gasteiger partial charge < -0.3 is 24.2 Å². The fourth-order valence-electron chi connectivity index (χ4n) is 7.89. The number of carboxylic acids is 1. The van der Waals surface area contributed by atoms with Crippen molar-refractivity contribution in [3.63, 3.8) is 0 Å². The summed E-state index contributed by atoms with van der Waals surface area (Å²) in [4.78, 5) is 17.2. The topological polar surface area (TPSA) is 57.9 Å². The van der Waals surface area contributed by atoms with Crippen LogP contribution in [0.25, 0.3) is 22.2 Å². The predicted octanol–water partition coefficient (Wildman–Crippen LogP) is 7.98. The number of piperidine rings is 1. The molecule has 230 valence electrons. The molecule has 0 atom stereocenters.